The summed E-state index contributed by atoms with van der Waals surface area (Å²) in [7, 11) is 0. The van der Waals surface area contributed by atoms with Crippen LogP contribution in [0, 0.1) is 0 Å². The molecule has 0 N–H and O–H groups in total. The van der Waals surface area contributed by atoms with Gasteiger partial charge in [0.15, 0.2) is 0 Å². The largest absolute Gasteiger partial charge is 0.309 e. The molecule has 9 rings (SSSR count). The molecular weight excluding hydrogens is 603 g/mol. The molecule has 1 aromatic heterocycles. The van der Waals surface area contributed by atoms with Crippen molar-refractivity contribution >= 4 is 21.8 Å². The molecule has 0 saturated carbocycles. The number of aromatic nitrogens is 1. The van der Waals surface area contributed by atoms with E-state index in [0.29, 0.717) is 0 Å². The van der Waals surface area contributed by atoms with Gasteiger partial charge in [0.2, 0.25) is 0 Å². The summed E-state index contributed by atoms with van der Waals surface area (Å²) >= 11 is 0. The van der Waals surface area contributed by atoms with Crippen molar-refractivity contribution in [2.45, 2.75) is 5.92 Å². The maximum Gasteiger partial charge on any atom is 0.0544 e. The minimum atomic E-state index is 0.132. The molecule has 1 nitrogen and oxygen atoms in total. The first-order valence-corrected chi connectivity index (χ1v) is 17.3. The second kappa shape index (κ2) is 12.9. The first-order chi connectivity index (χ1) is 24.8. The van der Waals surface area contributed by atoms with Crippen LogP contribution < -0.4 is 0 Å². The Kier molecular flexibility index (Phi) is 7.64. The third-order valence-electron chi connectivity index (χ3n) is 9.95. The fourth-order valence-electron chi connectivity index (χ4n) is 7.46. The third-order valence-corrected chi connectivity index (χ3v) is 9.95. The van der Waals surface area contributed by atoms with Crippen molar-refractivity contribution in [3.63, 3.8) is 0 Å². The minimum absolute atomic E-state index is 0.132. The summed E-state index contributed by atoms with van der Waals surface area (Å²) in [6, 6.07) is 74.8. The van der Waals surface area contributed by atoms with Gasteiger partial charge in [0.05, 0.1) is 11.0 Å². The highest BCUT2D eigenvalue weighted by atomic mass is 15.0. The predicted molar refractivity (Wildman–Crippen MR) is 211 cm³/mol. The van der Waals surface area contributed by atoms with Crippen LogP contribution in [0.15, 0.2) is 206 Å². The average Bonchev–Trinajstić information content (AvgIpc) is 3.53. The molecule has 0 fully saturated rings. The highest BCUT2D eigenvalue weighted by Crippen LogP contribution is 2.39. The second-order valence-electron chi connectivity index (χ2n) is 13.0. The summed E-state index contributed by atoms with van der Waals surface area (Å²) in [4.78, 5) is 0. The van der Waals surface area contributed by atoms with Gasteiger partial charge in [-0.05, 0) is 80.4 Å². The highest BCUT2D eigenvalue weighted by Gasteiger charge is 2.20. The summed E-state index contributed by atoms with van der Waals surface area (Å²) in [5.41, 5.74) is 14.8. The summed E-state index contributed by atoms with van der Waals surface area (Å²) < 4.78 is 2.42. The number of hydrogen-bond donors (Lipinski definition) is 0. The zero-order valence-corrected chi connectivity index (χ0v) is 27.7. The molecule has 1 heterocycles. The second-order valence-corrected chi connectivity index (χ2v) is 13.0. The topological polar surface area (TPSA) is 4.93 Å². The van der Waals surface area contributed by atoms with E-state index >= 15 is 0 Å². The van der Waals surface area contributed by atoms with Crippen molar-refractivity contribution < 1.29 is 0 Å². The Morgan fingerprint density at radius 1 is 0.280 bits per heavy atom. The molecule has 0 amide bonds. The van der Waals surface area contributed by atoms with Crippen molar-refractivity contribution in [1.82, 2.24) is 4.57 Å². The van der Waals surface area contributed by atoms with Gasteiger partial charge in [-0.15, -0.1) is 0 Å². The Morgan fingerprint density at radius 2 is 0.720 bits per heavy atom. The lowest BCUT2D eigenvalue weighted by Gasteiger charge is -2.19. The number of hydrogen-bond acceptors (Lipinski definition) is 0. The maximum atomic E-state index is 2.42. The molecule has 0 unspecified atom stereocenters. The Bertz CT molecular complexity index is 2490. The Labute approximate surface area is 293 Å². The molecule has 9 aromatic rings. The van der Waals surface area contributed by atoms with Crippen molar-refractivity contribution in [3.05, 3.63) is 223 Å². The van der Waals surface area contributed by atoms with Gasteiger partial charge in [0.25, 0.3) is 0 Å². The van der Waals surface area contributed by atoms with E-state index in [0.717, 1.165) is 5.69 Å². The molecule has 236 valence electrons. The van der Waals surface area contributed by atoms with Gasteiger partial charge in [-0.3, -0.25) is 0 Å². The molecule has 1 heteroatoms. The van der Waals surface area contributed by atoms with Crippen LogP contribution in [0.2, 0.25) is 0 Å². The summed E-state index contributed by atoms with van der Waals surface area (Å²) in [5, 5.41) is 2.51. The van der Waals surface area contributed by atoms with Crippen molar-refractivity contribution in [2.24, 2.45) is 0 Å². The predicted octanol–water partition coefficient (Wildman–Crippen LogP) is 13.0. The van der Waals surface area contributed by atoms with Crippen molar-refractivity contribution in [2.75, 3.05) is 0 Å². The normalized spacial score (nSPS) is 11.4. The zero-order valence-electron chi connectivity index (χ0n) is 27.7. The molecule has 0 atom stereocenters. The lowest BCUT2D eigenvalue weighted by molar-refractivity contribution is 0.978. The highest BCUT2D eigenvalue weighted by molar-refractivity contribution is 6.10. The molecule has 0 aliphatic carbocycles. The van der Waals surface area contributed by atoms with Crippen LogP contribution in [-0.2, 0) is 0 Å². The van der Waals surface area contributed by atoms with Crippen LogP contribution in [0.3, 0.4) is 0 Å². The van der Waals surface area contributed by atoms with Gasteiger partial charge in [0, 0.05) is 22.4 Å². The van der Waals surface area contributed by atoms with E-state index in [1.807, 2.05) is 0 Å². The number of fused-ring (bicyclic) bond motifs is 3. The molecule has 50 heavy (non-hydrogen) atoms. The van der Waals surface area contributed by atoms with Crippen LogP contribution in [0.5, 0.6) is 0 Å². The molecule has 0 aliphatic rings. The lowest BCUT2D eigenvalue weighted by atomic mass is 9.85. The number of para-hydroxylation sites is 1. The molecule has 0 spiro atoms. The van der Waals surface area contributed by atoms with Crippen LogP contribution in [0.1, 0.15) is 22.6 Å². The first-order valence-electron chi connectivity index (χ1n) is 17.3. The van der Waals surface area contributed by atoms with Crippen LogP contribution in [0.25, 0.3) is 60.9 Å². The van der Waals surface area contributed by atoms with Gasteiger partial charge >= 0.3 is 0 Å². The Morgan fingerprint density at radius 3 is 1.26 bits per heavy atom. The third kappa shape index (κ3) is 5.49. The van der Waals surface area contributed by atoms with E-state index in [1.165, 1.54) is 71.9 Å². The van der Waals surface area contributed by atoms with Crippen molar-refractivity contribution in [1.29, 1.82) is 0 Å². The van der Waals surface area contributed by atoms with Crippen molar-refractivity contribution in [3.8, 4) is 39.1 Å². The van der Waals surface area contributed by atoms with Gasteiger partial charge in [-0.1, -0.05) is 176 Å². The standard InChI is InChI=1S/C49H35N/c1-5-13-35(14-6-1)36-21-23-37(24-22-36)38-25-27-39(28-26-38)42-30-32-47-46(33-42)45-31-29-43(34-48(45)50(47)44-19-11-4-12-20-44)49(40-15-7-2-8-16-40)41-17-9-3-10-18-41/h1-34,49H. The fraction of sp³-hybridized carbons (Fsp3) is 0.0204. The molecule has 0 radical (unpaired) electrons. The molecular formula is C49H35N. The van der Waals surface area contributed by atoms with Gasteiger partial charge in [-0.25, -0.2) is 0 Å². The van der Waals surface area contributed by atoms with E-state index in [9.17, 15) is 0 Å². The van der Waals surface area contributed by atoms with E-state index in [1.54, 1.807) is 0 Å². The van der Waals surface area contributed by atoms with E-state index in [4.69, 9.17) is 0 Å². The van der Waals surface area contributed by atoms with Gasteiger partial charge in [-0.2, -0.15) is 0 Å². The first kappa shape index (κ1) is 29.7. The number of nitrogens with zero attached hydrogens (tertiary/aromatic N) is 1. The Balaban J connectivity index is 1.13. The van der Waals surface area contributed by atoms with Crippen LogP contribution in [0.4, 0.5) is 0 Å². The molecule has 0 saturated heterocycles. The minimum Gasteiger partial charge on any atom is -0.309 e. The van der Waals surface area contributed by atoms with E-state index in [-0.39, 0.29) is 5.92 Å². The quantitative estimate of drug-likeness (QED) is 0.153. The van der Waals surface area contributed by atoms with Gasteiger partial charge < -0.3 is 4.57 Å². The number of rotatable bonds is 7. The fourth-order valence-corrected chi connectivity index (χ4v) is 7.46. The molecule has 0 bridgehead atoms. The lowest BCUT2D eigenvalue weighted by Crippen LogP contribution is -2.03. The number of benzene rings is 8. The van der Waals surface area contributed by atoms with Gasteiger partial charge in [0.1, 0.15) is 0 Å². The SMILES string of the molecule is c1ccc(-c2ccc(-c3ccc(-c4ccc5c(c4)c4ccc(C(c6ccccc6)c6ccccc6)cc4n5-c4ccccc4)cc3)cc2)cc1. The van der Waals surface area contributed by atoms with Crippen LogP contribution in [-0.4, -0.2) is 4.57 Å². The summed E-state index contributed by atoms with van der Waals surface area (Å²) in [5.74, 6) is 0.132. The zero-order chi connectivity index (χ0) is 33.3. The average molecular weight is 638 g/mol. The maximum absolute atomic E-state index is 2.42. The molecule has 8 aromatic carbocycles. The molecule has 0 aliphatic heterocycles. The Hall–Kier alpha value is -6.44. The van der Waals surface area contributed by atoms with E-state index < -0.39 is 0 Å². The van der Waals surface area contributed by atoms with E-state index in [2.05, 4.69) is 211 Å². The summed E-state index contributed by atoms with van der Waals surface area (Å²) in [6.45, 7) is 0. The monoisotopic (exact) mass is 637 g/mol. The van der Waals surface area contributed by atoms with Crippen LogP contribution >= 0.6 is 0 Å². The smallest absolute Gasteiger partial charge is 0.0544 e. The summed E-state index contributed by atoms with van der Waals surface area (Å²) in [6.07, 6.45) is 0.